The van der Waals surface area contributed by atoms with Gasteiger partial charge in [0.1, 0.15) is 6.04 Å². The van der Waals surface area contributed by atoms with Crippen LogP contribution in [-0.2, 0) is 9.59 Å². The summed E-state index contributed by atoms with van der Waals surface area (Å²) in [5.41, 5.74) is 4.91. The van der Waals surface area contributed by atoms with Crippen molar-refractivity contribution in [3.8, 4) is 0 Å². The molecular weight excluding hydrogens is 176 g/mol. The predicted molar refractivity (Wildman–Crippen MR) is 44.5 cm³/mol. The summed E-state index contributed by atoms with van der Waals surface area (Å²) in [4.78, 5) is 21.5. The minimum Gasteiger partial charge on any atom is -0.396 e. The van der Waals surface area contributed by atoms with Gasteiger partial charge in [-0.2, -0.15) is 0 Å². The molecule has 0 aliphatic rings. The van der Waals surface area contributed by atoms with E-state index >= 15 is 0 Å². The van der Waals surface area contributed by atoms with Gasteiger partial charge in [-0.1, -0.05) is 0 Å². The van der Waals surface area contributed by atoms with E-state index < -0.39 is 24.0 Å². The van der Waals surface area contributed by atoms with Gasteiger partial charge in [0.05, 0.1) is 12.7 Å². The van der Waals surface area contributed by atoms with Crippen LogP contribution in [0.5, 0.6) is 0 Å². The van der Waals surface area contributed by atoms with E-state index in [4.69, 9.17) is 15.9 Å². The average Bonchev–Trinajstić information content (AvgIpc) is 1.99. The van der Waals surface area contributed by atoms with Crippen LogP contribution >= 0.6 is 0 Å². The van der Waals surface area contributed by atoms with Gasteiger partial charge in [0.25, 0.3) is 0 Å². The zero-order valence-electron chi connectivity index (χ0n) is 7.36. The fourth-order valence-electron chi connectivity index (χ4n) is 0.777. The molecular formula is C7H14N2O4. The van der Waals surface area contributed by atoms with Gasteiger partial charge in [-0.3, -0.25) is 9.59 Å². The van der Waals surface area contributed by atoms with Gasteiger partial charge in [-0.05, 0) is 6.92 Å². The van der Waals surface area contributed by atoms with E-state index in [-0.39, 0.29) is 13.0 Å². The molecule has 0 heterocycles. The van der Waals surface area contributed by atoms with Gasteiger partial charge < -0.3 is 21.3 Å². The summed E-state index contributed by atoms with van der Waals surface area (Å²) in [6, 6.07) is -1.10. The Hall–Kier alpha value is -1.14. The third-order valence-corrected chi connectivity index (χ3v) is 1.44. The number of rotatable bonds is 5. The van der Waals surface area contributed by atoms with E-state index in [1.54, 1.807) is 0 Å². The van der Waals surface area contributed by atoms with Crippen molar-refractivity contribution in [3.05, 3.63) is 0 Å². The fraction of sp³-hybridized carbons (Fsp3) is 0.714. The number of hydrogen-bond donors (Lipinski definition) is 4. The van der Waals surface area contributed by atoms with Crippen LogP contribution in [0, 0.1) is 0 Å². The Balaban J connectivity index is 4.10. The van der Waals surface area contributed by atoms with Crippen molar-refractivity contribution in [1.82, 2.24) is 5.32 Å². The van der Waals surface area contributed by atoms with Gasteiger partial charge >= 0.3 is 0 Å². The number of hydrogen-bond acceptors (Lipinski definition) is 4. The molecule has 0 saturated carbocycles. The first kappa shape index (κ1) is 11.9. The number of nitrogens with two attached hydrogens (primary N) is 1. The molecule has 2 atom stereocenters. The SMILES string of the molecule is CC(O)C(NC(=O)CCO)C(N)=O. The molecule has 0 aromatic carbocycles. The third kappa shape index (κ3) is 4.44. The molecule has 2 unspecified atom stereocenters. The van der Waals surface area contributed by atoms with Gasteiger partial charge in [0.15, 0.2) is 0 Å². The van der Waals surface area contributed by atoms with Gasteiger partial charge in [0.2, 0.25) is 11.8 Å². The molecule has 13 heavy (non-hydrogen) atoms. The van der Waals surface area contributed by atoms with Gasteiger partial charge in [0, 0.05) is 6.42 Å². The summed E-state index contributed by atoms with van der Waals surface area (Å²) < 4.78 is 0. The molecule has 0 spiro atoms. The zero-order valence-corrected chi connectivity index (χ0v) is 7.36. The van der Waals surface area contributed by atoms with E-state index in [9.17, 15) is 9.59 Å². The number of amides is 2. The maximum atomic E-state index is 10.9. The van der Waals surface area contributed by atoms with Crippen LogP contribution in [0.1, 0.15) is 13.3 Å². The maximum Gasteiger partial charge on any atom is 0.242 e. The normalized spacial score (nSPS) is 14.7. The molecule has 76 valence electrons. The second-order valence-corrected chi connectivity index (χ2v) is 2.66. The van der Waals surface area contributed by atoms with Crippen LogP contribution in [0.4, 0.5) is 0 Å². The van der Waals surface area contributed by atoms with Crippen molar-refractivity contribution < 1.29 is 19.8 Å². The van der Waals surface area contributed by atoms with E-state index in [0.29, 0.717) is 0 Å². The number of aliphatic hydroxyl groups is 2. The molecule has 0 saturated heterocycles. The standard InChI is InChI=1S/C7H14N2O4/c1-4(11)6(7(8)13)9-5(12)2-3-10/h4,6,10-11H,2-3H2,1H3,(H2,8,13)(H,9,12). The maximum absolute atomic E-state index is 10.9. The Morgan fingerprint density at radius 1 is 1.54 bits per heavy atom. The lowest BCUT2D eigenvalue weighted by molar-refractivity contribution is -0.130. The van der Waals surface area contributed by atoms with Crippen LogP contribution in [0.25, 0.3) is 0 Å². The third-order valence-electron chi connectivity index (χ3n) is 1.44. The van der Waals surface area contributed by atoms with E-state index in [1.165, 1.54) is 6.92 Å². The van der Waals surface area contributed by atoms with Crippen LogP contribution in [0.15, 0.2) is 0 Å². The Kier molecular flexibility index (Phi) is 5.01. The molecule has 0 aromatic rings. The monoisotopic (exact) mass is 190 g/mol. The Morgan fingerprint density at radius 3 is 2.38 bits per heavy atom. The van der Waals surface area contributed by atoms with Gasteiger partial charge in [-0.25, -0.2) is 0 Å². The fourth-order valence-corrected chi connectivity index (χ4v) is 0.777. The Morgan fingerprint density at radius 2 is 2.08 bits per heavy atom. The van der Waals surface area contributed by atoms with Crippen molar-refractivity contribution in [2.75, 3.05) is 6.61 Å². The lowest BCUT2D eigenvalue weighted by Gasteiger charge is -2.17. The first-order chi connectivity index (χ1) is 5.99. The summed E-state index contributed by atoms with van der Waals surface area (Å²) >= 11 is 0. The van der Waals surface area contributed by atoms with Crippen molar-refractivity contribution in [1.29, 1.82) is 0 Å². The minimum atomic E-state index is -1.10. The molecule has 6 nitrogen and oxygen atoms in total. The molecule has 0 aliphatic heterocycles. The summed E-state index contributed by atoms with van der Waals surface area (Å²) in [7, 11) is 0. The summed E-state index contributed by atoms with van der Waals surface area (Å²) in [5, 5.41) is 19.6. The summed E-state index contributed by atoms with van der Waals surface area (Å²) in [6.07, 6.45) is -1.16. The summed E-state index contributed by atoms with van der Waals surface area (Å²) in [5.74, 6) is -1.33. The Labute approximate surface area is 75.7 Å². The molecule has 6 heteroatoms. The van der Waals surface area contributed by atoms with Crippen molar-refractivity contribution in [3.63, 3.8) is 0 Å². The molecule has 0 aliphatic carbocycles. The highest BCUT2D eigenvalue weighted by molar-refractivity contribution is 5.87. The topological polar surface area (TPSA) is 113 Å². The lowest BCUT2D eigenvalue weighted by atomic mass is 10.1. The van der Waals surface area contributed by atoms with E-state index in [0.717, 1.165) is 0 Å². The molecule has 0 bridgehead atoms. The quantitative estimate of drug-likeness (QED) is 0.391. The van der Waals surface area contributed by atoms with Crippen LogP contribution in [0.3, 0.4) is 0 Å². The number of aliphatic hydroxyl groups excluding tert-OH is 2. The molecule has 0 radical (unpaired) electrons. The van der Waals surface area contributed by atoms with E-state index in [1.807, 2.05) is 0 Å². The summed E-state index contributed by atoms with van der Waals surface area (Å²) in [6.45, 7) is 1.03. The first-order valence-corrected chi connectivity index (χ1v) is 3.86. The molecule has 0 fully saturated rings. The van der Waals surface area contributed by atoms with Crippen molar-refractivity contribution in [2.24, 2.45) is 5.73 Å². The van der Waals surface area contributed by atoms with E-state index in [2.05, 4.69) is 5.32 Å². The van der Waals surface area contributed by atoms with Crippen molar-refractivity contribution >= 4 is 11.8 Å². The molecule has 0 rings (SSSR count). The number of primary amides is 1. The highest BCUT2D eigenvalue weighted by Crippen LogP contribution is 1.92. The van der Waals surface area contributed by atoms with Crippen LogP contribution < -0.4 is 11.1 Å². The smallest absolute Gasteiger partial charge is 0.242 e. The van der Waals surface area contributed by atoms with Crippen LogP contribution in [0.2, 0.25) is 0 Å². The van der Waals surface area contributed by atoms with Crippen LogP contribution in [-0.4, -0.2) is 40.8 Å². The lowest BCUT2D eigenvalue weighted by Crippen LogP contribution is -2.50. The second kappa shape index (κ2) is 5.50. The van der Waals surface area contributed by atoms with Crippen molar-refractivity contribution in [2.45, 2.75) is 25.5 Å². The number of nitrogens with one attached hydrogen (secondary N) is 1. The Bertz CT molecular complexity index is 193. The van der Waals surface area contributed by atoms with Gasteiger partial charge in [-0.15, -0.1) is 0 Å². The number of carbonyl (C=O) groups is 2. The molecule has 2 amide bonds. The number of carbonyl (C=O) groups excluding carboxylic acids is 2. The molecule has 5 N–H and O–H groups in total. The first-order valence-electron chi connectivity index (χ1n) is 3.86. The molecule has 0 aromatic heterocycles. The predicted octanol–water partition coefficient (Wildman–Crippen LogP) is -2.28. The average molecular weight is 190 g/mol. The zero-order chi connectivity index (χ0) is 10.4. The highest BCUT2D eigenvalue weighted by Gasteiger charge is 2.22. The second-order valence-electron chi connectivity index (χ2n) is 2.66. The largest absolute Gasteiger partial charge is 0.396 e. The minimum absolute atomic E-state index is 0.115. The highest BCUT2D eigenvalue weighted by atomic mass is 16.3.